The van der Waals surface area contributed by atoms with Crippen LogP contribution in [0.5, 0.6) is 0 Å². The first-order valence-electron chi connectivity index (χ1n) is 5.77. The summed E-state index contributed by atoms with van der Waals surface area (Å²) < 4.78 is 0. The zero-order chi connectivity index (χ0) is 11.5. The smallest absolute Gasteiger partial charge is 0.133 e. The van der Waals surface area contributed by atoms with Gasteiger partial charge in [-0.3, -0.25) is 0 Å². The van der Waals surface area contributed by atoms with E-state index in [2.05, 4.69) is 35.1 Å². The second-order valence-electron chi connectivity index (χ2n) is 4.46. The molecule has 0 amide bonds. The van der Waals surface area contributed by atoms with Crippen molar-refractivity contribution in [1.82, 2.24) is 9.97 Å². The number of nitrogens with zero attached hydrogens (tertiary/aromatic N) is 3. The Bertz CT molecular complexity index is 352. The molecule has 1 saturated carbocycles. The van der Waals surface area contributed by atoms with Crippen LogP contribution in [-0.4, -0.2) is 35.1 Å². The molecule has 88 valence electrons. The Balaban J connectivity index is 2.09. The van der Waals surface area contributed by atoms with Crippen molar-refractivity contribution >= 4 is 17.6 Å². The summed E-state index contributed by atoms with van der Waals surface area (Å²) in [6.07, 6.45) is 6.54. The Morgan fingerprint density at radius 3 is 2.94 bits per heavy atom. The second kappa shape index (κ2) is 5.04. The predicted octanol–water partition coefficient (Wildman–Crippen LogP) is 2.54. The number of rotatable bonds is 5. The van der Waals surface area contributed by atoms with Crippen LogP contribution in [0, 0.1) is 0 Å². The van der Waals surface area contributed by atoms with Gasteiger partial charge in [-0.2, -0.15) is 11.8 Å². The molecule has 1 atom stereocenters. The van der Waals surface area contributed by atoms with E-state index in [-0.39, 0.29) is 0 Å². The van der Waals surface area contributed by atoms with Crippen molar-refractivity contribution in [3.8, 4) is 0 Å². The van der Waals surface area contributed by atoms with E-state index in [1.807, 2.05) is 24.0 Å². The van der Waals surface area contributed by atoms with Crippen LogP contribution in [0.15, 0.2) is 12.3 Å². The van der Waals surface area contributed by atoms with Crippen LogP contribution in [0.25, 0.3) is 0 Å². The van der Waals surface area contributed by atoms with Gasteiger partial charge in [0.1, 0.15) is 11.6 Å². The van der Waals surface area contributed by atoms with Gasteiger partial charge < -0.3 is 4.90 Å². The molecular weight excluding hydrogens is 218 g/mol. The van der Waals surface area contributed by atoms with Gasteiger partial charge in [-0.1, -0.05) is 0 Å². The van der Waals surface area contributed by atoms with Crippen molar-refractivity contribution < 1.29 is 0 Å². The Morgan fingerprint density at radius 1 is 1.56 bits per heavy atom. The Kier molecular flexibility index (Phi) is 3.69. The largest absolute Gasteiger partial charge is 0.356 e. The van der Waals surface area contributed by atoms with Gasteiger partial charge in [0.2, 0.25) is 0 Å². The molecule has 0 N–H and O–H groups in total. The summed E-state index contributed by atoms with van der Waals surface area (Å²) in [6, 6.07) is 2.51. The molecule has 1 unspecified atom stereocenters. The molecule has 3 nitrogen and oxygen atoms in total. The molecule has 2 rings (SSSR count). The average Bonchev–Trinajstić information content (AvgIpc) is 3.12. The number of hydrogen-bond acceptors (Lipinski definition) is 4. The highest BCUT2D eigenvalue weighted by Gasteiger charge is 2.27. The third kappa shape index (κ3) is 2.67. The Morgan fingerprint density at radius 2 is 2.31 bits per heavy atom. The molecule has 0 aliphatic heterocycles. The third-order valence-electron chi connectivity index (χ3n) is 3.03. The molecule has 1 fully saturated rings. The molecule has 0 aromatic carbocycles. The van der Waals surface area contributed by atoms with Gasteiger partial charge in [0, 0.05) is 31.0 Å². The lowest BCUT2D eigenvalue weighted by Crippen LogP contribution is -2.31. The fourth-order valence-corrected chi connectivity index (χ4v) is 2.38. The minimum atomic E-state index is 0.511. The number of anilines is 1. The van der Waals surface area contributed by atoms with Crippen LogP contribution in [0.1, 0.15) is 31.5 Å². The Hall–Kier alpha value is -0.770. The summed E-state index contributed by atoms with van der Waals surface area (Å²) >= 11 is 1.87. The quantitative estimate of drug-likeness (QED) is 0.787. The lowest BCUT2D eigenvalue weighted by Gasteiger charge is -2.25. The monoisotopic (exact) mass is 237 g/mol. The zero-order valence-electron chi connectivity index (χ0n) is 10.2. The summed E-state index contributed by atoms with van der Waals surface area (Å²) in [5.74, 6) is 3.84. The van der Waals surface area contributed by atoms with Gasteiger partial charge in [-0.25, -0.2) is 9.97 Å². The van der Waals surface area contributed by atoms with E-state index in [4.69, 9.17) is 0 Å². The van der Waals surface area contributed by atoms with Crippen molar-refractivity contribution in [1.29, 1.82) is 0 Å². The second-order valence-corrected chi connectivity index (χ2v) is 5.37. The van der Waals surface area contributed by atoms with Gasteiger partial charge in [-0.15, -0.1) is 0 Å². The Labute approximate surface area is 102 Å². The van der Waals surface area contributed by atoms with E-state index in [0.717, 1.165) is 17.4 Å². The number of aromatic nitrogens is 2. The molecule has 1 aliphatic rings. The van der Waals surface area contributed by atoms with Gasteiger partial charge in [-0.05, 0) is 32.1 Å². The van der Waals surface area contributed by atoms with Crippen molar-refractivity contribution in [2.24, 2.45) is 0 Å². The van der Waals surface area contributed by atoms with Crippen molar-refractivity contribution in [3.05, 3.63) is 18.1 Å². The fraction of sp³-hybridized carbons (Fsp3) is 0.667. The molecule has 1 aromatic rings. The summed E-state index contributed by atoms with van der Waals surface area (Å²) in [5.41, 5.74) is 0. The molecule has 0 radical (unpaired) electrons. The summed E-state index contributed by atoms with van der Waals surface area (Å²) in [5, 5.41) is 0. The molecule has 0 spiro atoms. The topological polar surface area (TPSA) is 29.0 Å². The van der Waals surface area contributed by atoms with E-state index >= 15 is 0 Å². The fourth-order valence-electron chi connectivity index (χ4n) is 1.68. The van der Waals surface area contributed by atoms with Crippen LogP contribution in [-0.2, 0) is 0 Å². The van der Waals surface area contributed by atoms with E-state index in [9.17, 15) is 0 Å². The van der Waals surface area contributed by atoms with Gasteiger partial charge in [0.15, 0.2) is 0 Å². The minimum absolute atomic E-state index is 0.511. The van der Waals surface area contributed by atoms with E-state index in [1.165, 1.54) is 12.8 Å². The summed E-state index contributed by atoms with van der Waals surface area (Å²) in [6.45, 7) is 2.23. The van der Waals surface area contributed by atoms with Crippen molar-refractivity contribution in [2.45, 2.75) is 31.7 Å². The lowest BCUT2D eigenvalue weighted by atomic mass is 10.3. The van der Waals surface area contributed by atoms with Gasteiger partial charge >= 0.3 is 0 Å². The van der Waals surface area contributed by atoms with Gasteiger partial charge in [0.05, 0.1) is 0 Å². The summed E-state index contributed by atoms with van der Waals surface area (Å²) in [4.78, 5) is 11.2. The maximum atomic E-state index is 4.64. The SMILES string of the molecule is CSCC(C)N(C)c1ccnc(C2CC2)n1. The normalized spacial score (nSPS) is 17.2. The van der Waals surface area contributed by atoms with Gasteiger partial charge in [0.25, 0.3) is 0 Å². The molecular formula is C12H19N3S. The molecule has 4 heteroatoms. The first-order chi connectivity index (χ1) is 7.72. The predicted molar refractivity (Wildman–Crippen MR) is 70.3 cm³/mol. The lowest BCUT2D eigenvalue weighted by molar-refractivity contribution is 0.744. The first-order valence-corrected chi connectivity index (χ1v) is 7.16. The average molecular weight is 237 g/mol. The van der Waals surface area contributed by atoms with E-state index in [1.54, 1.807) is 0 Å². The van der Waals surface area contributed by atoms with Crippen LogP contribution in [0.2, 0.25) is 0 Å². The maximum Gasteiger partial charge on any atom is 0.133 e. The molecule has 0 bridgehead atoms. The first kappa shape index (κ1) is 11.7. The van der Waals surface area contributed by atoms with Crippen molar-refractivity contribution in [3.63, 3.8) is 0 Å². The highest BCUT2D eigenvalue weighted by atomic mass is 32.2. The maximum absolute atomic E-state index is 4.64. The van der Waals surface area contributed by atoms with E-state index in [0.29, 0.717) is 12.0 Å². The van der Waals surface area contributed by atoms with Crippen LogP contribution < -0.4 is 4.90 Å². The van der Waals surface area contributed by atoms with Crippen molar-refractivity contribution in [2.75, 3.05) is 24.0 Å². The highest BCUT2D eigenvalue weighted by Crippen LogP contribution is 2.38. The molecule has 16 heavy (non-hydrogen) atoms. The van der Waals surface area contributed by atoms with Crippen LogP contribution >= 0.6 is 11.8 Å². The molecule has 1 aliphatic carbocycles. The third-order valence-corrected chi connectivity index (χ3v) is 3.85. The number of thioether (sulfide) groups is 1. The standard InChI is InChI=1S/C12H19N3S/c1-9(8-16-3)15(2)11-6-7-13-12(14-11)10-4-5-10/h6-7,9-10H,4-5,8H2,1-3H3. The zero-order valence-corrected chi connectivity index (χ0v) is 11.0. The molecule has 1 heterocycles. The van der Waals surface area contributed by atoms with E-state index < -0.39 is 0 Å². The summed E-state index contributed by atoms with van der Waals surface area (Å²) in [7, 11) is 2.11. The highest BCUT2D eigenvalue weighted by molar-refractivity contribution is 7.98. The van der Waals surface area contributed by atoms with Crippen LogP contribution in [0.3, 0.4) is 0 Å². The number of hydrogen-bond donors (Lipinski definition) is 0. The molecule has 1 aromatic heterocycles. The van der Waals surface area contributed by atoms with Crippen LogP contribution in [0.4, 0.5) is 5.82 Å². The molecule has 0 saturated heterocycles. The minimum Gasteiger partial charge on any atom is -0.356 e.